The summed E-state index contributed by atoms with van der Waals surface area (Å²) in [5, 5.41) is 15.5. The van der Waals surface area contributed by atoms with Gasteiger partial charge in [0.05, 0.1) is 50.0 Å². The first-order valence-corrected chi connectivity index (χ1v) is 25.0. The highest BCUT2D eigenvalue weighted by Gasteiger charge is 2.22. The van der Waals surface area contributed by atoms with E-state index < -0.39 is 0 Å². The Bertz CT molecular complexity index is 4980. The van der Waals surface area contributed by atoms with Gasteiger partial charge in [-0.3, -0.25) is 0 Å². The van der Waals surface area contributed by atoms with Gasteiger partial charge in [0.15, 0.2) is 5.82 Å². The van der Waals surface area contributed by atoms with E-state index in [0.717, 1.165) is 77.5 Å². The average molecular weight is 928 g/mol. The second-order valence-electron chi connectivity index (χ2n) is 19.3. The summed E-state index contributed by atoms with van der Waals surface area (Å²) in [4.78, 5) is 10.9. The van der Waals surface area contributed by atoms with Crippen molar-refractivity contribution < 1.29 is 0 Å². The average Bonchev–Trinajstić information content (AvgIpc) is 4.10. The molecular weight excluding hydrogens is 887 g/mol. The Morgan fingerprint density at radius 1 is 0.260 bits per heavy atom. The van der Waals surface area contributed by atoms with Gasteiger partial charge in [0.2, 0.25) is 0 Å². The van der Waals surface area contributed by atoms with E-state index in [-0.39, 0.29) is 0 Å². The third-order valence-electron chi connectivity index (χ3n) is 15.3. The predicted molar refractivity (Wildman–Crippen MR) is 306 cm³/mol. The number of hydrogen-bond acceptors (Lipinski definition) is 2. The highest BCUT2D eigenvalue weighted by Crippen LogP contribution is 2.43. The van der Waals surface area contributed by atoms with Gasteiger partial charge < -0.3 is 13.7 Å². The molecule has 0 bridgehead atoms. The van der Waals surface area contributed by atoms with E-state index in [2.05, 4.69) is 262 Å². The fraction of sp³-hybridized carbons (Fsp3) is 0. The lowest BCUT2D eigenvalue weighted by atomic mass is 9.99. The molecule has 0 spiro atoms. The number of para-hydroxylation sites is 4. The normalized spacial score (nSPS) is 12.1. The first kappa shape index (κ1) is 39.9. The minimum atomic E-state index is 0.689. The van der Waals surface area contributed by atoms with Crippen LogP contribution in [0.1, 0.15) is 0 Å². The van der Waals surface area contributed by atoms with Crippen molar-refractivity contribution in [3.63, 3.8) is 0 Å². The van der Waals surface area contributed by atoms with E-state index in [1.54, 1.807) is 0 Å². The molecule has 0 amide bonds. The zero-order valence-corrected chi connectivity index (χ0v) is 39.4. The summed E-state index contributed by atoms with van der Waals surface area (Å²) < 4.78 is 7.31. The summed E-state index contributed by atoms with van der Waals surface area (Å²) in [6, 6.07) is 90.5. The largest absolute Gasteiger partial charge is 0.309 e. The molecule has 5 heteroatoms. The van der Waals surface area contributed by atoms with Gasteiger partial charge in [0.25, 0.3) is 0 Å². The van der Waals surface area contributed by atoms with E-state index in [9.17, 15) is 0 Å². The Balaban J connectivity index is 0.954. The van der Waals surface area contributed by atoms with Crippen LogP contribution in [0.5, 0.6) is 0 Å². The van der Waals surface area contributed by atoms with Crippen molar-refractivity contribution in [2.75, 3.05) is 0 Å². The molecule has 0 aliphatic heterocycles. The molecule has 4 aromatic heterocycles. The Hall–Kier alpha value is -9.84. The summed E-state index contributed by atoms with van der Waals surface area (Å²) in [5.74, 6) is 0.689. The second-order valence-corrected chi connectivity index (χ2v) is 19.3. The van der Waals surface area contributed by atoms with Crippen molar-refractivity contribution in [2.24, 2.45) is 0 Å². The van der Waals surface area contributed by atoms with Crippen LogP contribution >= 0.6 is 0 Å². The number of aromatic nitrogens is 5. The van der Waals surface area contributed by atoms with Gasteiger partial charge >= 0.3 is 0 Å². The molecule has 0 saturated heterocycles. The molecule has 0 radical (unpaired) electrons. The molecule has 16 rings (SSSR count). The quantitative estimate of drug-likeness (QED) is 0.173. The van der Waals surface area contributed by atoms with Gasteiger partial charge in [0, 0.05) is 65.6 Å². The summed E-state index contributed by atoms with van der Waals surface area (Å²) in [5.41, 5.74) is 14.1. The van der Waals surface area contributed by atoms with Crippen LogP contribution in [0, 0.1) is 0 Å². The Morgan fingerprint density at radius 3 is 1.68 bits per heavy atom. The fourth-order valence-electron chi connectivity index (χ4n) is 12.1. The van der Waals surface area contributed by atoms with Gasteiger partial charge in [-0.1, -0.05) is 158 Å². The second kappa shape index (κ2) is 15.3. The monoisotopic (exact) mass is 927 g/mol. The lowest BCUT2D eigenvalue weighted by Gasteiger charge is -2.16. The lowest BCUT2D eigenvalue weighted by molar-refractivity contribution is 1.16. The minimum Gasteiger partial charge on any atom is -0.309 e. The molecule has 4 heterocycles. The molecule has 0 N–H and O–H groups in total. The van der Waals surface area contributed by atoms with Gasteiger partial charge in [-0.2, -0.15) is 0 Å². The molecule has 0 unspecified atom stereocenters. The van der Waals surface area contributed by atoms with Crippen LogP contribution in [0.3, 0.4) is 0 Å². The summed E-state index contributed by atoms with van der Waals surface area (Å²) >= 11 is 0. The van der Waals surface area contributed by atoms with E-state index in [4.69, 9.17) is 9.97 Å². The summed E-state index contributed by atoms with van der Waals surface area (Å²) in [6.45, 7) is 0. The molecule has 73 heavy (non-hydrogen) atoms. The third kappa shape index (κ3) is 5.91. The maximum atomic E-state index is 5.58. The fourth-order valence-corrected chi connectivity index (χ4v) is 12.1. The van der Waals surface area contributed by atoms with Crippen LogP contribution < -0.4 is 0 Å². The number of nitrogens with zero attached hydrogens (tertiary/aromatic N) is 5. The predicted octanol–water partition coefficient (Wildman–Crippen LogP) is 17.7. The summed E-state index contributed by atoms with van der Waals surface area (Å²) in [6.07, 6.45) is 0. The number of hydrogen-bond donors (Lipinski definition) is 0. The van der Waals surface area contributed by atoms with Gasteiger partial charge in [-0.15, -0.1) is 0 Å². The molecule has 16 aromatic rings. The van der Waals surface area contributed by atoms with Gasteiger partial charge in [0.1, 0.15) is 0 Å². The van der Waals surface area contributed by atoms with E-state index >= 15 is 0 Å². The molecule has 0 atom stereocenters. The van der Waals surface area contributed by atoms with E-state index in [1.165, 1.54) is 65.0 Å². The Labute approximate surface area is 418 Å². The van der Waals surface area contributed by atoms with Crippen LogP contribution in [0.2, 0.25) is 0 Å². The van der Waals surface area contributed by atoms with Gasteiger partial charge in [-0.05, 0) is 118 Å². The van der Waals surface area contributed by atoms with Crippen molar-refractivity contribution in [2.45, 2.75) is 0 Å². The van der Waals surface area contributed by atoms with Crippen LogP contribution in [0.4, 0.5) is 0 Å². The molecule has 0 aliphatic carbocycles. The number of fused-ring (bicyclic) bond motifs is 14. The van der Waals surface area contributed by atoms with Crippen LogP contribution in [0.15, 0.2) is 249 Å². The smallest absolute Gasteiger partial charge is 0.160 e. The van der Waals surface area contributed by atoms with Crippen molar-refractivity contribution >= 4 is 109 Å². The van der Waals surface area contributed by atoms with Gasteiger partial charge in [-0.25, -0.2) is 9.97 Å². The van der Waals surface area contributed by atoms with Crippen molar-refractivity contribution in [3.05, 3.63) is 249 Å². The Kier molecular flexibility index (Phi) is 8.39. The van der Waals surface area contributed by atoms with Crippen molar-refractivity contribution in [1.82, 2.24) is 23.7 Å². The maximum absolute atomic E-state index is 5.58. The van der Waals surface area contributed by atoms with Crippen LogP contribution in [-0.4, -0.2) is 23.7 Å². The van der Waals surface area contributed by atoms with E-state index in [1.807, 2.05) is 0 Å². The van der Waals surface area contributed by atoms with E-state index in [0.29, 0.717) is 5.82 Å². The molecule has 338 valence electrons. The first-order valence-electron chi connectivity index (χ1n) is 25.0. The molecule has 12 aromatic carbocycles. The highest BCUT2D eigenvalue weighted by atomic mass is 15.0. The molecule has 0 saturated carbocycles. The maximum Gasteiger partial charge on any atom is 0.160 e. The molecule has 0 fully saturated rings. The third-order valence-corrected chi connectivity index (χ3v) is 15.3. The number of benzene rings is 12. The topological polar surface area (TPSA) is 40.6 Å². The Morgan fingerprint density at radius 2 is 0.849 bits per heavy atom. The zero-order chi connectivity index (χ0) is 47.7. The highest BCUT2D eigenvalue weighted by molar-refractivity contribution is 6.22. The lowest BCUT2D eigenvalue weighted by Crippen LogP contribution is -2.00. The zero-order valence-electron chi connectivity index (χ0n) is 39.4. The van der Waals surface area contributed by atoms with Crippen molar-refractivity contribution in [1.29, 1.82) is 0 Å². The van der Waals surface area contributed by atoms with Crippen LogP contribution in [-0.2, 0) is 0 Å². The molecule has 0 aliphatic rings. The standard InChI is InChI=1S/C68H41N5/c1-2-20-48(21-3-1)71-59-28-14-11-24-52(59)56-38-46(31-34-61(56)71)68-69-58-27-13-10-25-54(58)67(70-68)47-36-45-19-7-8-22-50(45)63(40-47)73-64-39-44-18-5-4-17-43(44)37-57(64)53-33-32-49(41-65(53)73)72-60-29-15-12-26-55(60)66-51-23-9-6-16-42(51)30-35-62(66)72/h1-41H. The summed E-state index contributed by atoms with van der Waals surface area (Å²) in [7, 11) is 0. The first-order chi connectivity index (χ1) is 36.2. The van der Waals surface area contributed by atoms with Crippen molar-refractivity contribution in [3.8, 4) is 39.7 Å². The number of rotatable bonds is 5. The van der Waals surface area contributed by atoms with Crippen LogP contribution in [0.25, 0.3) is 148 Å². The molecule has 5 nitrogen and oxygen atoms in total. The minimum absolute atomic E-state index is 0.689. The molecular formula is C68H41N5. The SMILES string of the molecule is c1ccc(-n2c3ccccc3c3cc(-c4nc(-c5cc(-n6c7cc(-n8c9ccccc9c9c%10ccccc%10ccc98)ccc7c7cc8ccccc8cc76)c6ccccc6c5)c5ccccc5n4)ccc32)cc1.